The molecule has 33 heavy (non-hydrogen) atoms. The molecule has 0 aromatic heterocycles. The first-order valence-electron chi connectivity index (χ1n) is 11.7. The normalized spacial score (nSPS) is 13.6. The van der Waals surface area contributed by atoms with Gasteiger partial charge in [-0.1, -0.05) is 74.8 Å². The van der Waals surface area contributed by atoms with Gasteiger partial charge in [-0.05, 0) is 51.5 Å². The predicted octanol–water partition coefficient (Wildman–Crippen LogP) is 4.82. The summed E-state index contributed by atoms with van der Waals surface area (Å²) in [6, 6.07) is -0.742. The minimum Gasteiger partial charge on any atom is -0.481 e. The molecular weight excluding hydrogens is 424 g/mol. The maximum Gasteiger partial charge on any atom is 0.320 e. The fraction of sp³-hybridized carbons (Fsp3) is 0.600. The highest BCUT2D eigenvalue weighted by Crippen LogP contribution is 2.07. The van der Waals surface area contributed by atoms with E-state index in [1.54, 1.807) is 0 Å². The maximum atomic E-state index is 10.3. The Balaban J connectivity index is 0. The van der Waals surface area contributed by atoms with E-state index < -0.39 is 18.0 Å². The first kappa shape index (κ1) is 32.9. The van der Waals surface area contributed by atoms with Crippen molar-refractivity contribution in [2.45, 2.75) is 89.7 Å². The molecule has 2 atom stereocenters. The summed E-state index contributed by atoms with van der Waals surface area (Å²) in [6.45, 7) is 2.65. The molecule has 0 radical (unpaired) electrons. The lowest BCUT2D eigenvalue weighted by Gasteiger charge is -2.07. The Bertz CT molecular complexity index is 587. The van der Waals surface area contributed by atoms with Crippen LogP contribution in [0.1, 0.15) is 77.6 Å². The zero-order chi connectivity index (χ0) is 25.2. The average molecular weight is 469 g/mol. The van der Waals surface area contributed by atoms with Crippen LogP contribution in [0, 0.1) is 0 Å². The van der Waals surface area contributed by atoms with Gasteiger partial charge in [-0.2, -0.15) is 0 Å². The Hall–Kier alpha value is -2.26. The molecule has 0 aromatic carbocycles. The maximum absolute atomic E-state index is 10.3. The number of carboxylic acid groups (broad SMARTS) is 2. The minimum atomic E-state index is -0.955. The van der Waals surface area contributed by atoms with Gasteiger partial charge in [-0.3, -0.25) is 14.8 Å². The van der Waals surface area contributed by atoms with Gasteiger partial charge in [-0.15, -0.1) is 0 Å². The Kier molecular flexibility index (Phi) is 25.9. The molecule has 0 bridgehead atoms. The monoisotopic (exact) mass is 468 g/mol. The summed E-state index contributed by atoms with van der Waals surface area (Å²) in [6.07, 6.45) is 24.6. The van der Waals surface area contributed by atoms with Crippen LogP contribution in [0.2, 0.25) is 0 Å². The van der Waals surface area contributed by atoms with Crippen molar-refractivity contribution >= 4 is 11.9 Å². The second-order valence-corrected chi connectivity index (χ2v) is 7.53. The van der Waals surface area contributed by atoms with Crippen molar-refractivity contribution < 1.29 is 29.9 Å². The van der Waals surface area contributed by atoms with Gasteiger partial charge < -0.3 is 21.7 Å². The Morgan fingerprint density at radius 1 is 0.909 bits per heavy atom. The van der Waals surface area contributed by atoms with E-state index in [-0.39, 0.29) is 12.5 Å². The molecular formula is C25H44N2O6. The van der Waals surface area contributed by atoms with E-state index in [1.807, 2.05) is 30.4 Å². The van der Waals surface area contributed by atoms with Crippen molar-refractivity contribution in [1.29, 1.82) is 0 Å². The lowest BCUT2D eigenvalue weighted by molar-refractivity contribution is -0.267. The molecule has 0 aliphatic carbocycles. The quantitative estimate of drug-likeness (QED) is 0.0593. The van der Waals surface area contributed by atoms with E-state index in [0.717, 1.165) is 44.9 Å². The fourth-order valence-electron chi connectivity index (χ4n) is 2.52. The van der Waals surface area contributed by atoms with E-state index in [2.05, 4.69) is 30.0 Å². The number of unbranched alkanes of at least 4 members (excludes halogenated alkanes) is 3. The first-order chi connectivity index (χ1) is 15.9. The van der Waals surface area contributed by atoms with Crippen LogP contribution >= 0.6 is 0 Å². The van der Waals surface area contributed by atoms with Crippen LogP contribution in [0.5, 0.6) is 0 Å². The summed E-state index contributed by atoms with van der Waals surface area (Å²) >= 11 is 0. The van der Waals surface area contributed by atoms with Crippen LogP contribution in [0.4, 0.5) is 0 Å². The number of carbonyl (C=O) groups is 2. The van der Waals surface area contributed by atoms with E-state index in [4.69, 9.17) is 26.9 Å². The molecule has 0 amide bonds. The van der Waals surface area contributed by atoms with Gasteiger partial charge in [0, 0.05) is 6.42 Å². The molecule has 0 aliphatic heterocycles. The van der Waals surface area contributed by atoms with E-state index in [1.165, 1.54) is 0 Å². The zero-order valence-electron chi connectivity index (χ0n) is 20.0. The number of aliphatic carboxylic acids is 2. The van der Waals surface area contributed by atoms with E-state index >= 15 is 0 Å². The topological polar surface area (TPSA) is 156 Å². The van der Waals surface area contributed by atoms with Crippen LogP contribution in [0.25, 0.3) is 0 Å². The van der Waals surface area contributed by atoms with Gasteiger partial charge in [0.25, 0.3) is 0 Å². The van der Waals surface area contributed by atoms with Crippen molar-refractivity contribution in [2.75, 3.05) is 6.54 Å². The second kappa shape index (κ2) is 26.0. The fourth-order valence-corrected chi connectivity index (χ4v) is 2.52. The highest BCUT2D eigenvalue weighted by atomic mass is 17.1. The van der Waals surface area contributed by atoms with Gasteiger partial charge in [0.05, 0.1) is 0 Å². The molecule has 0 saturated heterocycles. The summed E-state index contributed by atoms with van der Waals surface area (Å²) in [7, 11) is 0. The number of carboxylic acids is 2. The summed E-state index contributed by atoms with van der Waals surface area (Å²) in [5.74, 6) is -1.69. The van der Waals surface area contributed by atoms with Crippen molar-refractivity contribution in [3.8, 4) is 0 Å². The van der Waals surface area contributed by atoms with Gasteiger partial charge in [0.2, 0.25) is 0 Å². The molecule has 8 nitrogen and oxygen atoms in total. The predicted molar refractivity (Wildman–Crippen MR) is 133 cm³/mol. The Morgan fingerprint density at radius 3 is 2.15 bits per heavy atom. The van der Waals surface area contributed by atoms with Crippen LogP contribution < -0.4 is 11.5 Å². The third-order valence-electron chi connectivity index (χ3n) is 4.48. The number of rotatable bonds is 19. The molecule has 0 saturated carbocycles. The first-order valence-corrected chi connectivity index (χ1v) is 11.7. The third-order valence-corrected chi connectivity index (χ3v) is 4.48. The molecule has 7 N–H and O–H groups in total. The molecule has 8 heteroatoms. The SMILES string of the molecule is CCCCCC(C=CC=CCC=CCC=CCCCC(=O)O)OO.NCCC[C@H](N)C(=O)O. The summed E-state index contributed by atoms with van der Waals surface area (Å²) in [5, 5.41) is 25.6. The number of allylic oxidation sites excluding steroid dienone is 7. The number of hydrogen-bond acceptors (Lipinski definition) is 6. The van der Waals surface area contributed by atoms with Gasteiger partial charge >= 0.3 is 11.9 Å². The second-order valence-electron chi connectivity index (χ2n) is 7.53. The molecule has 0 aliphatic rings. The van der Waals surface area contributed by atoms with Crippen LogP contribution in [-0.2, 0) is 14.5 Å². The van der Waals surface area contributed by atoms with Crippen LogP contribution in [-0.4, -0.2) is 46.1 Å². The molecule has 190 valence electrons. The minimum absolute atomic E-state index is 0.219. The largest absolute Gasteiger partial charge is 0.481 e. The average Bonchev–Trinajstić information content (AvgIpc) is 2.79. The Labute approximate surface area is 198 Å². The van der Waals surface area contributed by atoms with Crippen molar-refractivity contribution in [3.05, 3.63) is 48.6 Å². The Morgan fingerprint density at radius 2 is 1.58 bits per heavy atom. The van der Waals surface area contributed by atoms with Crippen LogP contribution in [0.3, 0.4) is 0 Å². The molecule has 0 rings (SSSR count). The number of nitrogens with two attached hydrogens (primary N) is 2. The van der Waals surface area contributed by atoms with E-state index in [9.17, 15) is 9.59 Å². The highest BCUT2D eigenvalue weighted by Gasteiger charge is 2.08. The molecule has 0 heterocycles. The van der Waals surface area contributed by atoms with Crippen LogP contribution in [0.15, 0.2) is 48.6 Å². The summed E-state index contributed by atoms with van der Waals surface area (Å²) in [4.78, 5) is 24.8. The van der Waals surface area contributed by atoms with Crippen molar-refractivity contribution in [3.63, 3.8) is 0 Å². The smallest absolute Gasteiger partial charge is 0.320 e. The lowest BCUT2D eigenvalue weighted by atomic mass is 10.1. The van der Waals surface area contributed by atoms with Gasteiger partial charge in [-0.25, -0.2) is 4.89 Å². The van der Waals surface area contributed by atoms with Gasteiger partial charge in [0.1, 0.15) is 12.1 Å². The molecule has 1 unspecified atom stereocenters. The standard InChI is InChI=1S/C20H32O4.C5H12N2O2/c1-2-3-13-16-19(24-23)17-14-11-9-7-5-4-6-8-10-12-15-18-20(21)22;6-3-1-2-4(7)5(8)9/h4-5,8-11,14,17,19,23H,2-3,6-7,12-13,15-16,18H2,1H3,(H,21,22);4H,1-3,6-7H2,(H,8,9)/t;4-/m.0/s1. The number of hydrogen-bond donors (Lipinski definition) is 5. The molecule has 0 aromatic rings. The third kappa shape index (κ3) is 27.7. The van der Waals surface area contributed by atoms with Gasteiger partial charge in [0.15, 0.2) is 0 Å². The highest BCUT2D eigenvalue weighted by molar-refractivity contribution is 5.72. The summed E-state index contributed by atoms with van der Waals surface area (Å²) in [5.41, 5.74) is 10.3. The zero-order valence-corrected chi connectivity index (χ0v) is 20.0. The van der Waals surface area contributed by atoms with Crippen molar-refractivity contribution in [1.82, 2.24) is 0 Å². The molecule has 0 spiro atoms. The summed E-state index contributed by atoms with van der Waals surface area (Å²) < 4.78 is 0. The molecule has 0 fully saturated rings. The lowest BCUT2D eigenvalue weighted by Crippen LogP contribution is -2.30. The van der Waals surface area contributed by atoms with Crippen molar-refractivity contribution in [2.24, 2.45) is 11.5 Å². The van der Waals surface area contributed by atoms with E-state index in [0.29, 0.717) is 25.8 Å².